The van der Waals surface area contributed by atoms with Crippen LogP contribution in [-0.4, -0.2) is 20.9 Å². The largest absolute Gasteiger partial charge is 0.319 e. The number of amides is 1. The van der Waals surface area contributed by atoms with Crippen LogP contribution >= 0.6 is 11.6 Å². The van der Waals surface area contributed by atoms with Crippen LogP contribution in [0.25, 0.3) is 11.1 Å². The van der Waals surface area contributed by atoms with E-state index in [-0.39, 0.29) is 33.4 Å². The van der Waals surface area contributed by atoms with Crippen LogP contribution in [0, 0.1) is 11.6 Å². The molecule has 2 aromatic heterocycles. The molecule has 138 valence electrons. The van der Waals surface area contributed by atoms with Crippen molar-refractivity contribution in [2.45, 2.75) is 19.8 Å². The topological polar surface area (TPSA) is 67.8 Å². The molecule has 0 aliphatic heterocycles. The van der Waals surface area contributed by atoms with Gasteiger partial charge in [0, 0.05) is 35.6 Å². The zero-order valence-corrected chi connectivity index (χ0v) is 15.3. The van der Waals surface area contributed by atoms with Gasteiger partial charge in [-0.15, -0.1) is 0 Å². The molecule has 0 aliphatic carbocycles. The monoisotopic (exact) mass is 388 g/mol. The van der Waals surface area contributed by atoms with Crippen LogP contribution in [-0.2, 0) is 0 Å². The lowest BCUT2D eigenvalue weighted by Gasteiger charge is -2.13. The molecule has 1 amide bonds. The summed E-state index contributed by atoms with van der Waals surface area (Å²) in [4.78, 5) is 24.7. The Morgan fingerprint density at radius 2 is 1.78 bits per heavy atom. The molecule has 2 heterocycles. The van der Waals surface area contributed by atoms with Crippen molar-refractivity contribution in [3.8, 4) is 11.1 Å². The summed E-state index contributed by atoms with van der Waals surface area (Å²) < 4.78 is 27.8. The van der Waals surface area contributed by atoms with Crippen molar-refractivity contribution in [1.29, 1.82) is 0 Å². The highest BCUT2D eigenvalue weighted by atomic mass is 35.5. The summed E-state index contributed by atoms with van der Waals surface area (Å²) in [7, 11) is 0. The van der Waals surface area contributed by atoms with Crippen LogP contribution in [0.2, 0.25) is 5.15 Å². The molecule has 3 rings (SSSR count). The second kappa shape index (κ2) is 7.75. The quantitative estimate of drug-likeness (QED) is 0.649. The summed E-state index contributed by atoms with van der Waals surface area (Å²) in [5.41, 5.74) is 0.438. The number of aromatic nitrogens is 3. The lowest BCUT2D eigenvalue weighted by Crippen LogP contribution is -2.15. The zero-order valence-electron chi connectivity index (χ0n) is 14.5. The molecule has 0 spiro atoms. The normalized spacial score (nSPS) is 10.9. The fraction of sp³-hybridized carbons (Fsp3) is 0.158. The number of anilines is 1. The molecule has 1 aromatic carbocycles. The molecule has 0 saturated carbocycles. The van der Waals surface area contributed by atoms with Gasteiger partial charge in [0.25, 0.3) is 5.91 Å². The molecule has 0 aliphatic rings. The fourth-order valence-corrected chi connectivity index (χ4v) is 2.63. The first-order valence-electron chi connectivity index (χ1n) is 8.10. The van der Waals surface area contributed by atoms with E-state index < -0.39 is 17.5 Å². The van der Waals surface area contributed by atoms with Crippen LogP contribution < -0.4 is 5.32 Å². The van der Waals surface area contributed by atoms with E-state index in [9.17, 15) is 13.6 Å². The molecule has 1 N–H and O–H groups in total. The van der Waals surface area contributed by atoms with Crippen molar-refractivity contribution < 1.29 is 13.6 Å². The van der Waals surface area contributed by atoms with Crippen molar-refractivity contribution >= 4 is 23.2 Å². The number of hydrogen-bond donors (Lipinski definition) is 1. The average molecular weight is 389 g/mol. The molecular weight excluding hydrogens is 374 g/mol. The number of carbonyl (C=O) groups excluding carboxylic acids is 1. The van der Waals surface area contributed by atoms with Crippen molar-refractivity contribution in [2.75, 3.05) is 5.32 Å². The third-order valence-corrected chi connectivity index (χ3v) is 4.10. The van der Waals surface area contributed by atoms with E-state index in [0.717, 1.165) is 18.2 Å². The number of pyridine rings is 1. The van der Waals surface area contributed by atoms with Gasteiger partial charge in [0.05, 0.1) is 11.3 Å². The van der Waals surface area contributed by atoms with Gasteiger partial charge in [-0.05, 0) is 24.3 Å². The Kier molecular flexibility index (Phi) is 5.41. The molecule has 0 bridgehead atoms. The lowest BCUT2D eigenvalue weighted by molar-refractivity contribution is 0.102. The smallest absolute Gasteiger partial charge is 0.258 e. The molecule has 8 heteroatoms. The molecular formula is C19H15ClF2N4O. The van der Waals surface area contributed by atoms with E-state index in [2.05, 4.69) is 20.3 Å². The van der Waals surface area contributed by atoms with Crippen LogP contribution in [0.15, 0.2) is 42.9 Å². The SMILES string of the molecule is CC(C)c1ncc(C(=O)Nc2c(-c3cc(F)ccc3F)ccnc2Cl)cn1. The average Bonchev–Trinajstić information content (AvgIpc) is 2.65. The number of benzene rings is 1. The van der Waals surface area contributed by atoms with E-state index in [1.807, 2.05) is 13.8 Å². The van der Waals surface area contributed by atoms with Gasteiger partial charge in [-0.1, -0.05) is 25.4 Å². The zero-order chi connectivity index (χ0) is 19.6. The van der Waals surface area contributed by atoms with Crippen molar-refractivity contribution in [3.63, 3.8) is 0 Å². The van der Waals surface area contributed by atoms with Crippen molar-refractivity contribution in [1.82, 2.24) is 15.0 Å². The van der Waals surface area contributed by atoms with Gasteiger partial charge in [0.2, 0.25) is 0 Å². The fourth-order valence-electron chi connectivity index (χ4n) is 2.42. The van der Waals surface area contributed by atoms with Crippen molar-refractivity contribution in [3.05, 3.63) is 71.0 Å². The molecule has 0 unspecified atom stereocenters. The number of rotatable bonds is 4. The van der Waals surface area contributed by atoms with Gasteiger partial charge in [0.1, 0.15) is 17.5 Å². The highest BCUT2D eigenvalue weighted by Gasteiger charge is 2.18. The first-order valence-corrected chi connectivity index (χ1v) is 8.48. The first-order chi connectivity index (χ1) is 12.9. The van der Waals surface area contributed by atoms with Gasteiger partial charge < -0.3 is 5.32 Å². The molecule has 0 saturated heterocycles. The number of nitrogens with zero attached hydrogens (tertiary/aromatic N) is 3. The summed E-state index contributed by atoms with van der Waals surface area (Å²) >= 11 is 6.10. The maximum absolute atomic E-state index is 14.2. The van der Waals surface area contributed by atoms with Crippen LogP contribution in [0.4, 0.5) is 14.5 Å². The number of carbonyl (C=O) groups is 1. The van der Waals surface area contributed by atoms with Gasteiger partial charge in [-0.2, -0.15) is 0 Å². The number of nitrogens with one attached hydrogen (secondary N) is 1. The Balaban J connectivity index is 1.97. The Bertz CT molecular complexity index is 993. The highest BCUT2D eigenvalue weighted by Crippen LogP contribution is 2.34. The number of halogens is 3. The molecule has 0 atom stereocenters. The second-order valence-electron chi connectivity index (χ2n) is 6.09. The van der Waals surface area contributed by atoms with E-state index in [0.29, 0.717) is 5.82 Å². The third kappa shape index (κ3) is 4.09. The minimum absolute atomic E-state index is 0.0407. The number of hydrogen-bond acceptors (Lipinski definition) is 4. The summed E-state index contributed by atoms with van der Waals surface area (Å²) in [5.74, 6) is -1.09. The summed E-state index contributed by atoms with van der Waals surface area (Å²) in [5, 5.41) is 2.53. The Morgan fingerprint density at radius 1 is 1.07 bits per heavy atom. The van der Waals surface area contributed by atoms with Gasteiger partial charge in [0.15, 0.2) is 5.15 Å². The van der Waals surface area contributed by atoms with Gasteiger partial charge in [-0.25, -0.2) is 23.7 Å². The van der Waals surface area contributed by atoms with Crippen LogP contribution in [0.5, 0.6) is 0 Å². The van der Waals surface area contributed by atoms with Crippen LogP contribution in [0.1, 0.15) is 35.9 Å². The maximum atomic E-state index is 14.2. The predicted octanol–water partition coefficient (Wildman–Crippen LogP) is 4.85. The van der Waals surface area contributed by atoms with Gasteiger partial charge >= 0.3 is 0 Å². The molecule has 0 fully saturated rings. The van der Waals surface area contributed by atoms with E-state index in [1.165, 1.54) is 24.7 Å². The van der Waals surface area contributed by atoms with Crippen molar-refractivity contribution in [2.24, 2.45) is 0 Å². The van der Waals surface area contributed by atoms with E-state index >= 15 is 0 Å². The third-order valence-electron chi connectivity index (χ3n) is 3.81. The standard InChI is InChI=1S/C19H15ClF2N4O/c1-10(2)18-24-8-11(9-25-18)19(27)26-16-13(5-6-23-17(16)20)14-7-12(21)3-4-15(14)22/h3-10H,1-2H3,(H,26,27). The summed E-state index contributed by atoms with van der Waals surface area (Å²) in [6.07, 6.45) is 4.13. The Morgan fingerprint density at radius 3 is 2.44 bits per heavy atom. The molecule has 27 heavy (non-hydrogen) atoms. The maximum Gasteiger partial charge on any atom is 0.258 e. The lowest BCUT2D eigenvalue weighted by atomic mass is 10.0. The van der Waals surface area contributed by atoms with Crippen LogP contribution in [0.3, 0.4) is 0 Å². The minimum Gasteiger partial charge on any atom is -0.319 e. The molecule has 3 aromatic rings. The van der Waals surface area contributed by atoms with E-state index in [4.69, 9.17) is 11.6 Å². The predicted molar refractivity (Wildman–Crippen MR) is 98.7 cm³/mol. The van der Waals surface area contributed by atoms with E-state index in [1.54, 1.807) is 0 Å². The summed E-state index contributed by atoms with van der Waals surface area (Å²) in [6.45, 7) is 3.87. The highest BCUT2D eigenvalue weighted by molar-refractivity contribution is 6.33. The second-order valence-corrected chi connectivity index (χ2v) is 6.45. The minimum atomic E-state index is -0.654. The Labute approximate surface area is 159 Å². The summed E-state index contributed by atoms with van der Waals surface area (Å²) in [6, 6.07) is 4.48. The molecule has 5 nitrogen and oxygen atoms in total. The molecule has 0 radical (unpaired) electrons. The first kappa shape index (κ1) is 18.8. The Hall–Kier alpha value is -2.93. The van der Waals surface area contributed by atoms with Gasteiger partial charge in [-0.3, -0.25) is 4.79 Å².